The number of carboxylic acid groups (broad SMARTS) is 1. The molecule has 0 bridgehead atoms. The molecule has 106 valence electrons. The van der Waals surface area contributed by atoms with E-state index in [9.17, 15) is 4.79 Å². The molecule has 1 aromatic heterocycles. The quantitative estimate of drug-likeness (QED) is 0.845. The Morgan fingerprint density at radius 1 is 1.35 bits per heavy atom. The molecular formula is C15H19N3O2. The topological polar surface area (TPSA) is 67.2 Å². The first-order valence-corrected chi connectivity index (χ1v) is 6.63. The zero-order valence-electron chi connectivity index (χ0n) is 11.7. The fraction of sp³-hybridized carbons (Fsp3) is 0.333. The van der Waals surface area contributed by atoms with E-state index in [-0.39, 0.29) is 5.92 Å². The highest BCUT2D eigenvalue weighted by atomic mass is 16.4. The number of rotatable bonds is 6. The highest BCUT2D eigenvalue weighted by molar-refractivity contribution is 5.73. The largest absolute Gasteiger partial charge is 0.480 e. The van der Waals surface area contributed by atoms with Gasteiger partial charge in [0.25, 0.3) is 0 Å². The number of carbonyl (C=O) groups is 1. The predicted octanol–water partition coefficient (Wildman–Crippen LogP) is 2.07. The molecule has 0 spiro atoms. The molecule has 5 nitrogen and oxygen atoms in total. The molecule has 0 saturated carbocycles. The molecule has 1 heterocycles. The third-order valence-corrected chi connectivity index (χ3v) is 3.16. The zero-order chi connectivity index (χ0) is 14.5. The summed E-state index contributed by atoms with van der Waals surface area (Å²) in [6, 6.07) is 9.23. The predicted molar refractivity (Wildman–Crippen MR) is 76.7 cm³/mol. The van der Waals surface area contributed by atoms with Gasteiger partial charge < -0.3 is 10.4 Å². The molecule has 0 unspecified atom stereocenters. The summed E-state index contributed by atoms with van der Waals surface area (Å²) in [4.78, 5) is 11.1. The summed E-state index contributed by atoms with van der Waals surface area (Å²) >= 11 is 0. The van der Waals surface area contributed by atoms with Gasteiger partial charge in [0.15, 0.2) is 0 Å². The summed E-state index contributed by atoms with van der Waals surface area (Å²) in [5.74, 6) is -0.760. The number of hydrogen-bond donors (Lipinski definition) is 2. The van der Waals surface area contributed by atoms with Gasteiger partial charge in [-0.2, -0.15) is 5.10 Å². The number of aromatic nitrogens is 2. The van der Waals surface area contributed by atoms with Gasteiger partial charge >= 0.3 is 5.97 Å². The minimum Gasteiger partial charge on any atom is -0.480 e. The molecule has 0 saturated heterocycles. The van der Waals surface area contributed by atoms with Gasteiger partial charge in [-0.25, -0.2) is 4.68 Å². The fourth-order valence-electron chi connectivity index (χ4n) is 2.02. The Morgan fingerprint density at radius 2 is 2.05 bits per heavy atom. The van der Waals surface area contributed by atoms with Crippen LogP contribution in [0.5, 0.6) is 0 Å². The van der Waals surface area contributed by atoms with Crippen LogP contribution in [0.15, 0.2) is 42.7 Å². The van der Waals surface area contributed by atoms with Gasteiger partial charge in [0, 0.05) is 18.9 Å². The first kappa shape index (κ1) is 14.3. The molecule has 0 aliphatic heterocycles. The smallest absolute Gasteiger partial charge is 0.320 e. The van der Waals surface area contributed by atoms with Crippen LogP contribution in [0.4, 0.5) is 0 Å². The number of hydrogen-bond acceptors (Lipinski definition) is 3. The van der Waals surface area contributed by atoms with Crippen molar-refractivity contribution in [3.63, 3.8) is 0 Å². The van der Waals surface area contributed by atoms with Crippen LogP contribution in [0.25, 0.3) is 5.69 Å². The van der Waals surface area contributed by atoms with E-state index in [1.807, 2.05) is 50.4 Å². The first-order chi connectivity index (χ1) is 9.58. The second kappa shape index (κ2) is 6.34. The molecule has 5 heteroatoms. The van der Waals surface area contributed by atoms with E-state index in [2.05, 4.69) is 10.4 Å². The third kappa shape index (κ3) is 3.45. The van der Waals surface area contributed by atoms with E-state index in [1.54, 1.807) is 10.9 Å². The Hall–Kier alpha value is -2.14. The van der Waals surface area contributed by atoms with E-state index in [1.165, 1.54) is 0 Å². The molecule has 0 aliphatic rings. The third-order valence-electron chi connectivity index (χ3n) is 3.16. The second-order valence-electron chi connectivity index (χ2n) is 5.06. The number of aliphatic carboxylic acids is 1. The van der Waals surface area contributed by atoms with Gasteiger partial charge in [0.05, 0.1) is 5.69 Å². The summed E-state index contributed by atoms with van der Waals surface area (Å²) in [7, 11) is 0. The molecule has 20 heavy (non-hydrogen) atoms. The Bertz CT molecular complexity index is 547. The highest BCUT2D eigenvalue weighted by Gasteiger charge is 2.20. The lowest BCUT2D eigenvalue weighted by atomic mass is 10.0. The van der Waals surface area contributed by atoms with Crippen LogP contribution in [-0.2, 0) is 11.3 Å². The zero-order valence-corrected chi connectivity index (χ0v) is 11.7. The van der Waals surface area contributed by atoms with Crippen LogP contribution < -0.4 is 5.32 Å². The summed E-state index contributed by atoms with van der Waals surface area (Å²) in [5.41, 5.74) is 2.03. The normalized spacial score (nSPS) is 12.6. The Balaban J connectivity index is 1.99. The van der Waals surface area contributed by atoms with E-state index >= 15 is 0 Å². The van der Waals surface area contributed by atoms with Gasteiger partial charge in [0.2, 0.25) is 0 Å². The molecule has 2 aromatic rings. The van der Waals surface area contributed by atoms with Crippen LogP contribution in [0.3, 0.4) is 0 Å². The maximum Gasteiger partial charge on any atom is 0.320 e. The van der Waals surface area contributed by atoms with Crippen molar-refractivity contribution in [2.75, 3.05) is 0 Å². The molecule has 0 fully saturated rings. The number of benzene rings is 1. The minimum absolute atomic E-state index is 0.0517. The Kier molecular flexibility index (Phi) is 4.53. The van der Waals surface area contributed by atoms with Crippen LogP contribution in [0.2, 0.25) is 0 Å². The van der Waals surface area contributed by atoms with Crippen molar-refractivity contribution in [3.05, 3.63) is 48.3 Å². The summed E-state index contributed by atoms with van der Waals surface area (Å²) in [5, 5.41) is 16.3. The molecule has 1 aromatic carbocycles. The maximum absolute atomic E-state index is 11.1. The van der Waals surface area contributed by atoms with Gasteiger partial charge in [-0.1, -0.05) is 26.0 Å². The minimum atomic E-state index is -0.812. The molecule has 1 atom stereocenters. The first-order valence-electron chi connectivity index (χ1n) is 6.63. The van der Waals surface area contributed by atoms with E-state index in [0.29, 0.717) is 6.54 Å². The molecule has 2 N–H and O–H groups in total. The van der Waals surface area contributed by atoms with E-state index in [4.69, 9.17) is 5.11 Å². The number of carboxylic acids is 1. The van der Waals surface area contributed by atoms with Gasteiger partial charge in [0.1, 0.15) is 6.04 Å². The summed E-state index contributed by atoms with van der Waals surface area (Å²) in [6.45, 7) is 4.33. The number of nitrogens with one attached hydrogen (secondary N) is 1. The number of nitrogens with zero attached hydrogens (tertiary/aromatic N) is 2. The maximum atomic E-state index is 11.1. The molecular weight excluding hydrogens is 254 g/mol. The monoisotopic (exact) mass is 273 g/mol. The summed E-state index contributed by atoms with van der Waals surface area (Å²) < 4.78 is 1.78. The average Bonchev–Trinajstić information content (AvgIpc) is 2.92. The van der Waals surface area contributed by atoms with Crippen molar-refractivity contribution in [3.8, 4) is 5.69 Å². The van der Waals surface area contributed by atoms with Crippen molar-refractivity contribution in [2.24, 2.45) is 5.92 Å². The highest BCUT2D eigenvalue weighted by Crippen LogP contribution is 2.09. The van der Waals surface area contributed by atoms with Crippen LogP contribution in [0.1, 0.15) is 19.4 Å². The van der Waals surface area contributed by atoms with Gasteiger partial charge in [-0.05, 0) is 29.7 Å². The lowest BCUT2D eigenvalue weighted by molar-refractivity contribution is -0.140. The van der Waals surface area contributed by atoms with Crippen LogP contribution in [-0.4, -0.2) is 26.9 Å². The standard InChI is InChI=1S/C15H19N3O2/c1-11(2)14(15(19)20)16-10-12-4-6-13(7-5-12)18-9-3-8-17-18/h3-9,11,14,16H,10H2,1-2H3,(H,19,20)/t14-/m0/s1. The molecule has 0 amide bonds. The molecule has 0 radical (unpaired) electrons. The van der Waals surface area contributed by atoms with E-state index in [0.717, 1.165) is 11.3 Å². The summed E-state index contributed by atoms with van der Waals surface area (Å²) in [6.07, 6.45) is 3.61. The van der Waals surface area contributed by atoms with Gasteiger partial charge in [-0.3, -0.25) is 4.79 Å². The fourth-order valence-corrected chi connectivity index (χ4v) is 2.02. The Morgan fingerprint density at radius 3 is 2.55 bits per heavy atom. The lowest BCUT2D eigenvalue weighted by Gasteiger charge is -2.18. The Labute approximate surface area is 118 Å². The van der Waals surface area contributed by atoms with Crippen molar-refractivity contribution in [1.82, 2.24) is 15.1 Å². The average molecular weight is 273 g/mol. The van der Waals surface area contributed by atoms with Crippen molar-refractivity contribution < 1.29 is 9.90 Å². The SMILES string of the molecule is CC(C)[C@H](NCc1ccc(-n2cccn2)cc1)C(=O)O. The second-order valence-corrected chi connectivity index (χ2v) is 5.06. The molecule has 0 aliphatic carbocycles. The van der Waals surface area contributed by atoms with Crippen LogP contribution >= 0.6 is 0 Å². The molecule has 2 rings (SSSR count). The van der Waals surface area contributed by atoms with Crippen molar-refractivity contribution >= 4 is 5.97 Å². The van der Waals surface area contributed by atoms with Crippen LogP contribution in [0, 0.1) is 5.92 Å². The lowest BCUT2D eigenvalue weighted by Crippen LogP contribution is -2.40. The van der Waals surface area contributed by atoms with E-state index < -0.39 is 12.0 Å². The van der Waals surface area contributed by atoms with Crippen molar-refractivity contribution in [1.29, 1.82) is 0 Å². The van der Waals surface area contributed by atoms with Gasteiger partial charge in [-0.15, -0.1) is 0 Å². The van der Waals surface area contributed by atoms with Crippen molar-refractivity contribution in [2.45, 2.75) is 26.4 Å².